The third kappa shape index (κ3) is 16.9. The summed E-state index contributed by atoms with van der Waals surface area (Å²) in [6, 6.07) is -3.86. The molecule has 1 rings (SSSR count). The third-order valence-electron chi connectivity index (χ3n) is 7.87. The lowest BCUT2D eigenvalue weighted by Crippen LogP contribution is -2.62. The van der Waals surface area contributed by atoms with E-state index in [0.717, 1.165) is 13.8 Å². The van der Waals surface area contributed by atoms with Gasteiger partial charge in [0.2, 0.25) is 41.4 Å². The Morgan fingerprint density at radius 2 is 1.15 bits per heavy atom. The molecule has 1 aromatic carbocycles. The van der Waals surface area contributed by atoms with Crippen molar-refractivity contribution in [2.24, 2.45) is 11.7 Å². The molecule has 1 aromatic rings. The van der Waals surface area contributed by atoms with E-state index in [4.69, 9.17) is 5.73 Å². The van der Waals surface area contributed by atoms with Crippen molar-refractivity contribution in [2.45, 2.75) is 109 Å². The summed E-state index contributed by atoms with van der Waals surface area (Å²) in [6.07, 6.45) is -3.06. The molecule has 0 aromatic heterocycles. The molecule has 0 aliphatic rings. The van der Waals surface area contributed by atoms with E-state index in [-0.39, 0.29) is 30.3 Å². The fourth-order valence-corrected chi connectivity index (χ4v) is 5.01. The summed E-state index contributed by atoms with van der Waals surface area (Å²) in [5, 5.41) is 55.8. The number of aliphatic carboxylic acids is 1. The highest BCUT2D eigenvalue weighted by atomic mass is 32.1. The number of hydrogen-bond acceptors (Lipinski definition) is 13. The summed E-state index contributed by atoms with van der Waals surface area (Å²) in [5.74, 6) is -8.01. The van der Waals surface area contributed by atoms with Crippen LogP contribution >= 0.6 is 12.6 Å². The van der Waals surface area contributed by atoms with E-state index < -0.39 is 108 Å². The van der Waals surface area contributed by atoms with Crippen molar-refractivity contribution >= 4 is 59.9 Å². The molecule has 21 heteroatoms. The maximum absolute atomic E-state index is 13.3. The summed E-state index contributed by atoms with van der Waals surface area (Å²) >= 11 is 4.10. The van der Waals surface area contributed by atoms with Gasteiger partial charge in [-0.05, 0) is 57.7 Å². The first-order valence-electron chi connectivity index (χ1n) is 17.4. The molecule has 0 aliphatic heterocycles. The molecule has 0 heterocycles. The number of nitrogens with two attached hydrogens (primary N) is 1. The van der Waals surface area contributed by atoms with Crippen molar-refractivity contribution in [2.75, 3.05) is 12.3 Å². The number of rotatable bonds is 22. The summed E-state index contributed by atoms with van der Waals surface area (Å²) in [7, 11) is 0. The monoisotopic (exact) mass is 798 g/mol. The Kier molecular flexibility index (Phi) is 20.1. The van der Waals surface area contributed by atoms with Crippen LogP contribution in [0, 0.1) is 5.92 Å². The number of phenolic OH excluding ortho intramolecular Hbond substituents is 1. The molecule has 7 amide bonds. The smallest absolute Gasteiger partial charge is 0.325 e. The van der Waals surface area contributed by atoms with E-state index in [1.807, 2.05) is 13.8 Å². The zero-order chi connectivity index (χ0) is 42.2. The number of aromatic hydroxyl groups is 1. The van der Waals surface area contributed by atoms with E-state index in [2.05, 4.69) is 49.8 Å². The van der Waals surface area contributed by atoms with Crippen molar-refractivity contribution in [3.8, 4) is 5.75 Å². The van der Waals surface area contributed by atoms with Crippen LogP contribution in [0.25, 0.3) is 0 Å². The summed E-state index contributed by atoms with van der Waals surface area (Å²) in [5.41, 5.74) is 6.05. The number of carboxylic acid groups (broad SMARTS) is 1. The minimum Gasteiger partial charge on any atom is -0.508 e. The fourth-order valence-electron chi connectivity index (χ4n) is 4.76. The van der Waals surface area contributed by atoms with Crippen LogP contribution in [0.3, 0.4) is 0 Å². The highest BCUT2D eigenvalue weighted by molar-refractivity contribution is 7.80. The van der Waals surface area contributed by atoms with E-state index in [1.165, 1.54) is 38.1 Å². The number of phenols is 1. The quantitative estimate of drug-likeness (QED) is 0.0501. The van der Waals surface area contributed by atoms with Gasteiger partial charge in [0.05, 0.1) is 24.8 Å². The first-order valence-corrected chi connectivity index (χ1v) is 18.0. The molecule has 13 N–H and O–H groups in total. The molecule has 0 unspecified atom stereocenters. The third-order valence-corrected chi connectivity index (χ3v) is 8.24. The van der Waals surface area contributed by atoms with Gasteiger partial charge in [-0.1, -0.05) is 26.0 Å². The second kappa shape index (κ2) is 23.0. The molecule has 0 bridgehead atoms. The number of aliphatic hydroxyl groups excluding tert-OH is 2. The van der Waals surface area contributed by atoms with Crippen LogP contribution in [-0.4, -0.2) is 135 Å². The van der Waals surface area contributed by atoms with Gasteiger partial charge in [-0.25, -0.2) is 0 Å². The lowest BCUT2D eigenvalue weighted by molar-refractivity contribution is -0.141. The number of carbonyl (C=O) groups excluding carboxylic acids is 7. The van der Waals surface area contributed by atoms with Crippen molar-refractivity contribution in [1.29, 1.82) is 0 Å². The van der Waals surface area contributed by atoms with Crippen molar-refractivity contribution < 1.29 is 58.8 Å². The number of amides is 7. The minimum absolute atomic E-state index is 0.0212. The van der Waals surface area contributed by atoms with Crippen LogP contribution in [-0.2, 0) is 44.8 Å². The number of benzene rings is 1. The first kappa shape index (κ1) is 48.0. The van der Waals surface area contributed by atoms with Crippen molar-refractivity contribution in [1.82, 2.24) is 37.2 Å². The molecule has 0 fully saturated rings. The molecule has 0 saturated heterocycles. The number of carbonyl (C=O) groups is 8. The van der Waals surface area contributed by atoms with Gasteiger partial charge in [0.1, 0.15) is 42.0 Å². The Bertz CT molecular complexity index is 1510. The van der Waals surface area contributed by atoms with Crippen LogP contribution in [0.1, 0.15) is 53.5 Å². The summed E-state index contributed by atoms with van der Waals surface area (Å²) < 4.78 is 0. The van der Waals surface area contributed by atoms with Gasteiger partial charge in [0.25, 0.3) is 0 Å². The van der Waals surface area contributed by atoms with Gasteiger partial charge >= 0.3 is 5.97 Å². The molecule has 0 aliphatic carbocycles. The van der Waals surface area contributed by atoms with Gasteiger partial charge in [0, 0.05) is 12.2 Å². The number of nitrogens with one attached hydrogen (secondary N) is 7. The number of aliphatic hydroxyl groups is 2. The number of hydrogen-bond donors (Lipinski definition) is 13. The van der Waals surface area contributed by atoms with E-state index in [9.17, 15) is 58.8 Å². The maximum atomic E-state index is 13.3. The molecule has 20 nitrogen and oxygen atoms in total. The van der Waals surface area contributed by atoms with Gasteiger partial charge in [0.15, 0.2) is 0 Å². The van der Waals surface area contributed by atoms with Crippen LogP contribution in [0.4, 0.5) is 0 Å². The van der Waals surface area contributed by atoms with Gasteiger partial charge in [-0.3, -0.25) is 38.4 Å². The Balaban J connectivity index is 3.05. The molecular formula is C34H54N8O12S. The fraction of sp³-hybridized carbons (Fsp3) is 0.588. The van der Waals surface area contributed by atoms with Crippen LogP contribution in [0.2, 0.25) is 0 Å². The molecular weight excluding hydrogens is 744 g/mol. The highest BCUT2D eigenvalue weighted by Gasteiger charge is 2.35. The summed E-state index contributed by atoms with van der Waals surface area (Å²) in [6.45, 7) is 7.91. The van der Waals surface area contributed by atoms with Crippen LogP contribution < -0.4 is 43.0 Å². The number of thiol groups is 1. The molecule has 0 radical (unpaired) electrons. The second-order valence-electron chi connectivity index (χ2n) is 13.5. The average molecular weight is 799 g/mol. The Morgan fingerprint density at radius 3 is 1.64 bits per heavy atom. The summed E-state index contributed by atoms with van der Waals surface area (Å²) in [4.78, 5) is 102. The Morgan fingerprint density at radius 1 is 0.655 bits per heavy atom. The Hall–Kier alpha value is -4.99. The maximum Gasteiger partial charge on any atom is 0.325 e. The normalized spacial score (nSPS) is 16.0. The van der Waals surface area contributed by atoms with Crippen LogP contribution in [0.5, 0.6) is 5.75 Å². The Labute approximate surface area is 323 Å². The molecule has 9 atom stereocenters. The van der Waals surface area contributed by atoms with E-state index in [1.54, 1.807) is 0 Å². The lowest BCUT2D eigenvalue weighted by Gasteiger charge is -2.28. The second-order valence-corrected chi connectivity index (χ2v) is 13.8. The highest BCUT2D eigenvalue weighted by Crippen LogP contribution is 2.12. The standard InChI is InChI=1S/C34H54N8O12S/c1-15(2)11-22(38-28(47)16(3)35)29(48)36-13-25(46)41-26(18(5)43)33(52)42-27(19(6)44)32(51)40-24(14-55)31(50)39-23(30(49)37-17(4)34(53)54)12-20-7-9-21(45)10-8-20/h7-10,15-19,22-24,26-27,43-45,55H,11-14,35H2,1-6H3,(H,36,48)(H,37,49)(H,38,47)(H,39,50)(H,40,51)(H,41,46)(H,42,52)(H,53,54)/t16-,17-,18+,19+,22-,23-,24-,26-,27-/m0/s1. The first-order chi connectivity index (χ1) is 25.6. The number of carboxylic acids is 1. The van der Waals surface area contributed by atoms with Gasteiger partial charge < -0.3 is 63.4 Å². The average Bonchev–Trinajstić information content (AvgIpc) is 3.09. The largest absolute Gasteiger partial charge is 0.508 e. The van der Waals surface area contributed by atoms with E-state index in [0.29, 0.717) is 5.56 Å². The molecule has 0 saturated carbocycles. The van der Waals surface area contributed by atoms with Gasteiger partial charge in [-0.15, -0.1) is 0 Å². The van der Waals surface area contributed by atoms with Crippen LogP contribution in [0.15, 0.2) is 24.3 Å². The molecule has 55 heavy (non-hydrogen) atoms. The van der Waals surface area contributed by atoms with Crippen molar-refractivity contribution in [3.05, 3.63) is 29.8 Å². The van der Waals surface area contributed by atoms with Crippen molar-refractivity contribution in [3.63, 3.8) is 0 Å². The minimum atomic E-state index is -1.75. The lowest BCUT2D eigenvalue weighted by atomic mass is 10.0. The van der Waals surface area contributed by atoms with E-state index >= 15 is 0 Å². The SMILES string of the molecule is CC(C)C[C@H](NC(=O)[C@H](C)N)C(=O)NCC(=O)N[C@H](C(=O)N[C@H](C(=O)N[C@@H](CS)C(=O)N[C@@H](Cc1ccc(O)cc1)C(=O)N[C@@H](C)C(=O)O)[C@@H](C)O)[C@@H](C)O. The zero-order valence-corrected chi connectivity index (χ0v) is 32.4. The molecule has 308 valence electrons. The molecule has 0 spiro atoms. The zero-order valence-electron chi connectivity index (χ0n) is 31.5. The van der Waals surface area contributed by atoms with Gasteiger partial charge in [-0.2, -0.15) is 12.6 Å². The predicted octanol–water partition coefficient (Wildman–Crippen LogP) is -3.85. The topological polar surface area (TPSA) is 328 Å². The predicted molar refractivity (Wildman–Crippen MR) is 200 cm³/mol.